The van der Waals surface area contributed by atoms with Crippen molar-refractivity contribution in [2.45, 2.75) is 4.90 Å². The first-order valence-electron chi connectivity index (χ1n) is 9.47. The number of rotatable bonds is 10. The maximum absolute atomic E-state index is 14.8. The van der Waals surface area contributed by atoms with Crippen LogP contribution in [0.25, 0.3) is 0 Å². The zero-order chi connectivity index (χ0) is 23.3. The van der Waals surface area contributed by atoms with E-state index in [0.29, 0.717) is 18.0 Å². The fraction of sp³-hybridized carbons (Fsp3) is 0.250. The van der Waals surface area contributed by atoms with Crippen LogP contribution in [0.15, 0.2) is 46.8 Å². The van der Waals surface area contributed by atoms with Gasteiger partial charge in [-0.3, -0.25) is 4.72 Å². The van der Waals surface area contributed by atoms with Crippen LogP contribution in [0.3, 0.4) is 0 Å². The molecule has 0 unspecified atom stereocenters. The molecule has 2 aromatic carbocycles. The van der Waals surface area contributed by atoms with Crippen LogP contribution in [0.1, 0.15) is 0 Å². The fourth-order valence-electron chi connectivity index (χ4n) is 2.88. The Morgan fingerprint density at radius 2 is 2.03 bits per heavy atom. The smallest absolute Gasteiger partial charge is 0.266 e. The first-order chi connectivity index (χ1) is 15.2. The molecule has 0 aliphatic rings. The van der Waals surface area contributed by atoms with Crippen LogP contribution >= 0.6 is 22.9 Å². The minimum absolute atomic E-state index is 0.0468. The lowest BCUT2D eigenvalue weighted by atomic mass is 10.2. The zero-order valence-electron chi connectivity index (χ0n) is 17.6. The third kappa shape index (κ3) is 5.60. The summed E-state index contributed by atoms with van der Waals surface area (Å²) in [6, 6.07) is 7.52. The third-order valence-electron chi connectivity index (χ3n) is 4.55. The summed E-state index contributed by atoms with van der Waals surface area (Å²) in [5.41, 5.74) is 1.69. The Bertz CT molecular complexity index is 1180. The molecule has 0 radical (unpaired) electrons. The molecule has 3 N–H and O–H groups in total. The molecule has 3 rings (SSSR count). The van der Waals surface area contributed by atoms with Crippen LogP contribution in [0.2, 0.25) is 5.02 Å². The van der Waals surface area contributed by atoms with Gasteiger partial charge in [0.15, 0.2) is 5.13 Å². The molecule has 0 atom stereocenters. The van der Waals surface area contributed by atoms with Gasteiger partial charge in [0.25, 0.3) is 10.0 Å². The van der Waals surface area contributed by atoms with Crippen molar-refractivity contribution in [1.82, 2.24) is 10.3 Å². The van der Waals surface area contributed by atoms with Gasteiger partial charge in [0, 0.05) is 43.8 Å². The lowest BCUT2D eigenvalue weighted by molar-refractivity contribution is 0.415. The van der Waals surface area contributed by atoms with Crippen molar-refractivity contribution in [2.24, 2.45) is 0 Å². The summed E-state index contributed by atoms with van der Waals surface area (Å²) in [7, 11) is 1.16. The summed E-state index contributed by atoms with van der Waals surface area (Å²) < 4.78 is 47.5. The SMILES string of the molecule is CNCCN(C)c1cc(OC)ccc1Nc1cc(F)c(S(=O)(=O)Nc2nccs2)cc1Cl. The van der Waals surface area contributed by atoms with Crippen LogP contribution < -0.4 is 25.0 Å². The number of hydrogen-bond donors (Lipinski definition) is 3. The van der Waals surface area contributed by atoms with E-state index in [9.17, 15) is 12.8 Å². The van der Waals surface area contributed by atoms with Gasteiger partial charge in [-0.25, -0.2) is 17.8 Å². The molecule has 0 bridgehead atoms. The van der Waals surface area contributed by atoms with Gasteiger partial charge in [0.2, 0.25) is 0 Å². The number of ether oxygens (including phenoxy) is 1. The number of benzene rings is 2. The summed E-state index contributed by atoms with van der Waals surface area (Å²) >= 11 is 7.41. The first-order valence-corrected chi connectivity index (χ1v) is 12.2. The normalized spacial score (nSPS) is 11.3. The number of anilines is 4. The number of sulfonamides is 1. The van der Waals surface area contributed by atoms with Crippen molar-refractivity contribution >= 4 is 55.2 Å². The molecule has 172 valence electrons. The third-order valence-corrected chi connectivity index (χ3v) is 7.03. The van der Waals surface area contributed by atoms with Crippen LogP contribution in [0.4, 0.5) is 26.6 Å². The molecule has 0 aliphatic heterocycles. The van der Waals surface area contributed by atoms with Gasteiger partial charge in [-0.05, 0) is 25.2 Å². The Morgan fingerprint density at radius 3 is 2.69 bits per heavy atom. The lowest BCUT2D eigenvalue weighted by Gasteiger charge is -2.24. The van der Waals surface area contributed by atoms with Gasteiger partial charge in [0.1, 0.15) is 16.5 Å². The van der Waals surface area contributed by atoms with E-state index in [2.05, 4.69) is 20.3 Å². The number of nitrogens with one attached hydrogen (secondary N) is 3. The maximum Gasteiger partial charge on any atom is 0.266 e. The lowest BCUT2D eigenvalue weighted by Crippen LogP contribution is -2.27. The fourth-order valence-corrected chi connectivity index (χ4v) is 5.03. The van der Waals surface area contributed by atoms with Crippen molar-refractivity contribution in [3.63, 3.8) is 0 Å². The number of methoxy groups -OCH3 is 1. The first kappa shape index (κ1) is 24.1. The van der Waals surface area contributed by atoms with E-state index in [-0.39, 0.29) is 15.8 Å². The second-order valence-corrected chi connectivity index (χ2v) is 9.69. The molecule has 0 spiro atoms. The van der Waals surface area contributed by atoms with Gasteiger partial charge in [0.05, 0.1) is 29.2 Å². The van der Waals surface area contributed by atoms with E-state index in [0.717, 1.165) is 35.7 Å². The van der Waals surface area contributed by atoms with E-state index in [4.69, 9.17) is 16.3 Å². The highest BCUT2D eigenvalue weighted by Gasteiger charge is 2.23. The van der Waals surface area contributed by atoms with E-state index in [1.807, 2.05) is 25.1 Å². The molecule has 1 heterocycles. The highest BCUT2D eigenvalue weighted by Crippen LogP contribution is 2.36. The second-order valence-electron chi connectivity index (χ2n) is 6.74. The monoisotopic (exact) mass is 499 g/mol. The molecule has 0 aliphatic carbocycles. The van der Waals surface area contributed by atoms with Crippen molar-refractivity contribution in [2.75, 3.05) is 49.2 Å². The Hall–Kier alpha value is -2.60. The van der Waals surface area contributed by atoms with Gasteiger partial charge in [-0.1, -0.05) is 11.6 Å². The largest absolute Gasteiger partial charge is 0.497 e. The Morgan fingerprint density at radius 1 is 1.25 bits per heavy atom. The molecule has 12 heteroatoms. The number of halogens is 2. The Labute approximate surface area is 195 Å². The molecule has 0 saturated carbocycles. The molecular weight excluding hydrogens is 477 g/mol. The van der Waals surface area contributed by atoms with Crippen molar-refractivity contribution in [3.05, 3.63) is 52.7 Å². The van der Waals surface area contributed by atoms with Crippen molar-refractivity contribution in [3.8, 4) is 5.75 Å². The predicted molar refractivity (Wildman–Crippen MR) is 128 cm³/mol. The number of nitrogens with zero attached hydrogens (tertiary/aromatic N) is 2. The van der Waals surface area contributed by atoms with Crippen molar-refractivity contribution < 1.29 is 17.5 Å². The number of hydrogen-bond acceptors (Lipinski definition) is 8. The van der Waals surface area contributed by atoms with Gasteiger partial charge < -0.3 is 20.3 Å². The predicted octanol–water partition coefficient (Wildman–Crippen LogP) is 4.14. The molecule has 32 heavy (non-hydrogen) atoms. The minimum atomic E-state index is -4.19. The molecule has 0 amide bonds. The molecule has 8 nitrogen and oxygen atoms in total. The van der Waals surface area contributed by atoms with Crippen molar-refractivity contribution in [1.29, 1.82) is 0 Å². The average Bonchev–Trinajstić information content (AvgIpc) is 3.26. The molecule has 3 aromatic rings. The second kappa shape index (κ2) is 10.3. The topological polar surface area (TPSA) is 95.6 Å². The van der Waals surface area contributed by atoms with E-state index >= 15 is 0 Å². The Balaban J connectivity index is 1.92. The standard InChI is InChI=1S/C20H23ClFN5O3S2/c1-23-6-8-27(2)18-10-13(30-3)4-5-16(18)25-17-12-15(22)19(11-14(17)21)32(28,29)26-20-24-7-9-31-20/h4-5,7,9-12,23,25H,6,8H2,1-3H3,(H,24,26). The maximum atomic E-state index is 14.8. The molecule has 0 fully saturated rings. The van der Waals surface area contributed by atoms with E-state index in [1.54, 1.807) is 24.6 Å². The number of likely N-dealkylation sites (N-methyl/N-ethyl adjacent to an activating group) is 2. The molecule has 0 saturated heterocycles. The summed E-state index contributed by atoms with van der Waals surface area (Å²) in [5, 5.41) is 7.97. The van der Waals surface area contributed by atoms with Crippen LogP contribution in [-0.2, 0) is 10.0 Å². The summed E-state index contributed by atoms with van der Waals surface area (Å²) in [6.07, 6.45) is 1.44. The van der Waals surface area contributed by atoms with Crippen LogP contribution in [0, 0.1) is 5.82 Å². The quantitative estimate of drug-likeness (QED) is 0.385. The molecule has 1 aromatic heterocycles. The highest BCUT2D eigenvalue weighted by molar-refractivity contribution is 7.93. The van der Waals surface area contributed by atoms with Gasteiger partial charge in [-0.2, -0.15) is 0 Å². The van der Waals surface area contributed by atoms with Gasteiger partial charge in [-0.15, -0.1) is 11.3 Å². The number of aromatic nitrogens is 1. The average molecular weight is 500 g/mol. The highest BCUT2D eigenvalue weighted by atomic mass is 35.5. The Kier molecular flexibility index (Phi) is 7.77. The van der Waals surface area contributed by atoms with E-state index in [1.165, 1.54) is 6.20 Å². The summed E-state index contributed by atoms with van der Waals surface area (Å²) in [5.74, 6) is -0.284. The van der Waals surface area contributed by atoms with Gasteiger partial charge >= 0.3 is 0 Å². The molecular formula is C20H23ClFN5O3S2. The minimum Gasteiger partial charge on any atom is -0.497 e. The summed E-state index contributed by atoms with van der Waals surface area (Å²) in [4.78, 5) is 5.29. The summed E-state index contributed by atoms with van der Waals surface area (Å²) in [6.45, 7) is 1.46. The zero-order valence-corrected chi connectivity index (χ0v) is 20.0. The van der Waals surface area contributed by atoms with Crippen LogP contribution in [-0.4, -0.2) is 47.7 Å². The number of thiazole rings is 1. The van der Waals surface area contributed by atoms with E-state index < -0.39 is 20.7 Å². The van der Waals surface area contributed by atoms with Crippen LogP contribution in [0.5, 0.6) is 5.75 Å².